The van der Waals surface area contributed by atoms with E-state index < -0.39 is 0 Å². The molecule has 0 unspecified atom stereocenters. The normalized spacial score (nSPS) is 19.3. The van der Waals surface area contributed by atoms with E-state index in [1.54, 1.807) is 0 Å². The van der Waals surface area contributed by atoms with Crippen molar-refractivity contribution in [2.45, 2.75) is 44.6 Å². The lowest BCUT2D eigenvalue weighted by Gasteiger charge is -2.41. The second-order valence-corrected chi connectivity index (χ2v) is 4.04. The molecule has 0 radical (unpaired) electrons. The summed E-state index contributed by atoms with van der Waals surface area (Å²) in [6.45, 7) is 5.13. The molecular weight excluding hydrogens is 178 g/mol. The molecule has 0 spiro atoms. The summed E-state index contributed by atoms with van der Waals surface area (Å²) in [5.41, 5.74) is 5.68. The molecule has 3 nitrogen and oxygen atoms in total. The Morgan fingerprint density at radius 2 is 2.00 bits per heavy atom. The summed E-state index contributed by atoms with van der Waals surface area (Å²) in [4.78, 5) is 0. The quantitative estimate of drug-likeness (QED) is 0.608. The molecule has 2 N–H and O–H groups in total. The van der Waals surface area contributed by atoms with E-state index in [1.807, 2.05) is 0 Å². The average molecular weight is 201 g/mol. The van der Waals surface area contributed by atoms with Crippen LogP contribution in [0.2, 0.25) is 0 Å². The Morgan fingerprint density at radius 3 is 2.50 bits per heavy atom. The SMILES string of the molecule is CCCOCCOC1(CCN)CCC1. The highest BCUT2D eigenvalue weighted by atomic mass is 16.5. The molecule has 1 aliphatic rings. The summed E-state index contributed by atoms with van der Waals surface area (Å²) in [6.07, 6.45) is 5.72. The molecule has 1 fully saturated rings. The number of nitrogens with two attached hydrogens (primary N) is 1. The Kier molecular flexibility index (Phi) is 5.45. The van der Waals surface area contributed by atoms with Gasteiger partial charge in [0.2, 0.25) is 0 Å². The lowest BCUT2D eigenvalue weighted by atomic mass is 9.77. The number of hydrogen-bond donors (Lipinski definition) is 1. The monoisotopic (exact) mass is 201 g/mol. The van der Waals surface area contributed by atoms with Crippen molar-refractivity contribution in [1.29, 1.82) is 0 Å². The first-order valence-electron chi connectivity index (χ1n) is 5.75. The maximum atomic E-state index is 5.85. The first kappa shape index (κ1) is 12.0. The average Bonchev–Trinajstić information content (AvgIpc) is 2.13. The molecule has 0 aromatic heterocycles. The third-order valence-electron chi connectivity index (χ3n) is 2.85. The van der Waals surface area contributed by atoms with Crippen LogP contribution in [-0.4, -0.2) is 32.0 Å². The first-order chi connectivity index (χ1) is 6.83. The molecule has 1 saturated carbocycles. The van der Waals surface area contributed by atoms with E-state index in [4.69, 9.17) is 15.2 Å². The van der Waals surface area contributed by atoms with Crippen molar-refractivity contribution in [3.05, 3.63) is 0 Å². The molecule has 14 heavy (non-hydrogen) atoms. The maximum Gasteiger partial charge on any atom is 0.0708 e. The third kappa shape index (κ3) is 3.56. The molecule has 0 aliphatic heterocycles. The fourth-order valence-corrected chi connectivity index (χ4v) is 1.86. The summed E-state index contributed by atoms with van der Waals surface area (Å²) in [7, 11) is 0. The molecule has 0 bridgehead atoms. The fraction of sp³-hybridized carbons (Fsp3) is 1.00. The molecule has 0 aromatic carbocycles. The minimum Gasteiger partial charge on any atom is -0.379 e. The van der Waals surface area contributed by atoms with Crippen molar-refractivity contribution in [2.75, 3.05) is 26.4 Å². The van der Waals surface area contributed by atoms with Crippen molar-refractivity contribution >= 4 is 0 Å². The van der Waals surface area contributed by atoms with Gasteiger partial charge in [-0.05, 0) is 38.6 Å². The van der Waals surface area contributed by atoms with Crippen molar-refractivity contribution in [3.63, 3.8) is 0 Å². The summed E-state index contributed by atoms with van der Waals surface area (Å²) < 4.78 is 11.2. The van der Waals surface area contributed by atoms with E-state index in [-0.39, 0.29) is 5.60 Å². The lowest BCUT2D eigenvalue weighted by molar-refractivity contribution is -0.116. The second-order valence-electron chi connectivity index (χ2n) is 4.04. The van der Waals surface area contributed by atoms with E-state index in [0.29, 0.717) is 0 Å². The zero-order chi connectivity index (χ0) is 10.3. The fourth-order valence-electron chi connectivity index (χ4n) is 1.86. The van der Waals surface area contributed by atoms with Crippen molar-refractivity contribution in [3.8, 4) is 0 Å². The van der Waals surface area contributed by atoms with Gasteiger partial charge in [-0.3, -0.25) is 0 Å². The Balaban J connectivity index is 2.03. The standard InChI is InChI=1S/C11H23NO2/c1-2-8-13-9-10-14-11(6-7-12)4-3-5-11/h2-10,12H2,1H3. The summed E-state index contributed by atoms with van der Waals surface area (Å²) in [5, 5.41) is 0. The Morgan fingerprint density at radius 1 is 1.21 bits per heavy atom. The summed E-state index contributed by atoms with van der Waals surface area (Å²) in [6, 6.07) is 0. The summed E-state index contributed by atoms with van der Waals surface area (Å²) in [5.74, 6) is 0. The maximum absolute atomic E-state index is 5.85. The highest BCUT2D eigenvalue weighted by Crippen LogP contribution is 2.37. The molecule has 3 heteroatoms. The minimum atomic E-state index is 0.115. The van der Waals surface area contributed by atoms with Crippen LogP contribution < -0.4 is 5.73 Å². The minimum absolute atomic E-state index is 0.115. The number of ether oxygens (including phenoxy) is 2. The largest absolute Gasteiger partial charge is 0.379 e. The van der Waals surface area contributed by atoms with Gasteiger partial charge in [-0.1, -0.05) is 6.92 Å². The first-order valence-corrected chi connectivity index (χ1v) is 5.75. The number of hydrogen-bond acceptors (Lipinski definition) is 3. The molecule has 0 heterocycles. The Hall–Kier alpha value is -0.120. The van der Waals surface area contributed by atoms with E-state index >= 15 is 0 Å². The van der Waals surface area contributed by atoms with Gasteiger partial charge < -0.3 is 15.2 Å². The summed E-state index contributed by atoms with van der Waals surface area (Å²) >= 11 is 0. The topological polar surface area (TPSA) is 44.5 Å². The van der Waals surface area contributed by atoms with Crippen molar-refractivity contribution < 1.29 is 9.47 Å². The van der Waals surface area contributed by atoms with Gasteiger partial charge in [-0.15, -0.1) is 0 Å². The van der Waals surface area contributed by atoms with E-state index in [1.165, 1.54) is 19.3 Å². The molecule has 0 aromatic rings. The predicted octanol–water partition coefficient (Wildman–Crippen LogP) is 1.70. The van der Waals surface area contributed by atoms with Gasteiger partial charge in [-0.2, -0.15) is 0 Å². The molecule has 1 rings (SSSR count). The van der Waals surface area contributed by atoms with Crippen LogP contribution in [0.15, 0.2) is 0 Å². The van der Waals surface area contributed by atoms with Gasteiger partial charge in [0, 0.05) is 6.61 Å². The van der Waals surface area contributed by atoms with Gasteiger partial charge in [0.15, 0.2) is 0 Å². The van der Waals surface area contributed by atoms with Crippen LogP contribution in [0.3, 0.4) is 0 Å². The third-order valence-corrected chi connectivity index (χ3v) is 2.85. The van der Waals surface area contributed by atoms with Crippen LogP contribution >= 0.6 is 0 Å². The van der Waals surface area contributed by atoms with Crippen LogP contribution in [0.25, 0.3) is 0 Å². The van der Waals surface area contributed by atoms with Gasteiger partial charge in [0.25, 0.3) is 0 Å². The molecule has 1 aliphatic carbocycles. The van der Waals surface area contributed by atoms with E-state index in [0.717, 1.165) is 39.2 Å². The van der Waals surface area contributed by atoms with Gasteiger partial charge >= 0.3 is 0 Å². The Labute approximate surface area is 86.9 Å². The van der Waals surface area contributed by atoms with E-state index in [2.05, 4.69) is 6.92 Å². The molecule has 84 valence electrons. The molecule has 0 atom stereocenters. The van der Waals surface area contributed by atoms with Gasteiger partial charge in [0.05, 0.1) is 18.8 Å². The Bertz CT molecular complexity index is 146. The van der Waals surface area contributed by atoms with Crippen LogP contribution in [0.1, 0.15) is 39.0 Å². The molecule has 0 amide bonds. The van der Waals surface area contributed by atoms with Gasteiger partial charge in [0.1, 0.15) is 0 Å². The highest BCUT2D eigenvalue weighted by molar-refractivity contribution is 4.89. The zero-order valence-electron chi connectivity index (χ0n) is 9.26. The van der Waals surface area contributed by atoms with E-state index in [9.17, 15) is 0 Å². The van der Waals surface area contributed by atoms with Crippen LogP contribution in [0, 0.1) is 0 Å². The van der Waals surface area contributed by atoms with Crippen LogP contribution in [-0.2, 0) is 9.47 Å². The molecule has 0 saturated heterocycles. The lowest BCUT2D eigenvalue weighted by Crippen LogP contribution is -2.42. The van der Waals surface area contributed by atoms with Crippen molar-refractivity contribution in [2.24, 2.45) is 5.73 Å². The van der Waals surface area contributed by atoms with Gasteiger partial charge in [-0.25, -0.2) is 0 Å². The predicted molar refractivity (Wildman–Crippen MR) is 57.3 cm³/mol. The van der Waals surface area contributed by atoms with Crippen LogP contribution in [0.4, 0.5) is 0 Å². The van der Waals surface area contributed by atoms with Crippen LogP contribution in [0.5, 0.6) is 0 Å². The molecular formula is C11H23NO2. The zero-order valence-corrected chi connectivity index (χ0v) is 9.26. The van der Waals surface area contributed by atoms with Crippen molar-refractivity contribution in [1.82, 2.24) is 0 Å². The second kappa shape index (κ2) is 6.38. The smallest absolute Gasteiger partial charge is 0.0708 e. The number of rotatable bonds is 8. The highest BCUT2D eigenvalue weighted by Gasteiger charge is 2.36.